The highest BCUT2D eigenvalue weighted by Gasteiger charge is 2.35. The molecule has 20 heavy (non-hydrogen) atoms. The van der Waals surface area contributed by atoms with Gasteiger partial charge in [-0.05, 0) is 12.1 Å². The second-order valence-electron chi connectivity index (χ2n) is 4.95. The summed E-state index contributed by atoms with van der Waals surface area (Å²) in [6.45, 7) is 0. The Bertz CT molecular complexity index is 758. The van der Waals surface area contributed by atoms with Crippen molar-refractivity contribution in [2.75, 3.05) is 14.1 Å². The van der Waals surface area contributed by atoms with Gasteiger partial charge in [-0.15, -0.1) is 0 Å². The number of imide groups is 1. The van der Waals surface area contributed by atoms with Crippen LogP contribution in [-0.2, 0) is 11.8 Å². The summed E-state index contributed by atoms with van der Waals surface area (Å²) in [5.41, 5.74) is 2.42. The van der Waals surface area contributed by atoms with Crippen molar-refractivity contribution in [2.24, 2.45) is 7.05 Å². The molecule has 2 aromatic rings. The molecule has 0 saturated carbocycles. The first-order valence-corrected chi connectivity index (χ1v) is 6.32. The van der Waals surface area contributed by atoms with Crippen molar-refractivity contribution in [3.63, 3.8) is 0 Å². The lowest BCUT2D eigenvalue weighted by Crippen LogP contribution is -2.27. The number of para-hydroxylation sites is 1. The number of fused-ring (bicyclic) bond motifs is 1. The molecule has 102 valence electrons. The number of rotatable bonds is 1. The third kappa shape index (κ3) is 1.63. The Balaban J connectivity index is 2.16. The molecule has 3 amide bonds. The van der Waals surface area contributed by atoms with Crippen LogP contribution in [0.3, 0.4) is 0 Å². The van der Waals surface area contributed by atoms with Crippen molar-refractivity contribution < 1.29 is 9.59 Å². The molecule has 1 aliphatic rings. The van der Waals surface area contributed by atoms with Crippen molar-refractivity contribution in [1.82, 2.24) is 14.4 Å². The zero-order chi connectivity index (χ0) is 14.4. The summed E-state index contributed by atoms with van der Waals surface area (Å²) in [5, 5.41) is 1.06. The molecule has 0 radical (unpaired) electrons. The van der Waals surface area contributed by atoms with Gasteiger partial charge in [0.2, 0.25) is 0 Å². The maximum atomic E-state index is 12.1. The first kappa shape index (κ1) is 12.5. The van der Waals surface area contributed by atoms with Crippen LogP contribution in [0.1, 0.15) is 5.56 Å². The minimum atomic E-state index is -0.304. The minimum absolute atomic E-state index is 0.273. The molecule has 5 heteroatoms. The number of likely N-dealkylation sites (N-methyl/N-ethyl adjacent to an activating group) is 2. The van der Waals surface area contributed by atoms with Gasteiger partial charge >= 0.3 is 6.03 Å². The fourth-order valence-electron chi connectivity index (χ4n) is 2.52. The van der Waals surface area contributed by atoms with Crippen LogP contribution in [0.5, 0.6) is 0 Å². The molecule has 1 aliphatic heterocycles. The second-order valence-corrected chi connectivity index (χ2v) is 4.95. The molecule has 1 fully saturated rings. The van der Waals surface area contributed by atoms with Crippen LogP contribution in [0.4, 0.5) is 4.79 Å². The highest BCUT2D eigenvalue weighted by Crippen LogP contribution is 2.26. The normalized spacial score (nSPS) is 17.9. The lowest BCUT2D eigenvalue weighted by atomic mass is 10.1. The van der Waals surface area contributed by atoms with Gasteiger partial charge in [0, 0.05) is 43.8 Å². The Morgan fingerprint density at radius 1 is 1.00 bits per heavy atom. The zero-order valence-corrected chi connectivity index (χ0v) is 11.6. The molecule has 0 spiro atoms. The standard InChI is InChI=1S/C15H15N3O2/c1-16-9-10(11-6-4-5-7-12(11)16)8-13-14(19)18(3)15(20)17(13)2/h4-9H,1-3H3. The number of hydrogen-bond acceptors (Lipinski definition) is 2. The van der Waals surface area contributed by atoms with Crippen LogP contribution < -0.4 is 0 Å². The van der Waals surface area contributed by atoms with Crippen molar-refractivity contribution in [2.45, 2.75) is 0 Å². The topological polar surface area (TPSA) is 45.6 Å². The fraction of sp³-hybridized carbons (Fsp3) is 0.200. The van der Waals surface area contributed by atoms with E-state index < -0.39 is 0 Å². The molecule has 0 unspecified atom stereocenters. The predicted molar refractivity (Wildman–Crippen MR) is 76.8 cm³/mol. The van der Waals surface area contributed by atoms with Gasteiger partial charge in [-0.25, -0.2) is 4.79 Å². The number of nitrogens with zero attached hydrogens (tertiary/aromatic N) is 3. The number of carbonyl (C=O) groups excluding carboxylic acids is 2. The molecule has 5 nitrogen and oxygen atoms in total. The molecule has 3 rings (SSSR count). The summed E-state index contributed by atoms with van der Waals surface area (Å²) < 4.78 is 2.01. The van der Waals surface area contributed by atoms with Gasteiger partial charge in [0.1, 0.15) is 5.70 Å². The smallest absolute Gasteiger partial charge is 0.331 e. The van der Waals surface area contributed by atoms with Gasteiger partial charge in [-0.2, -0.15) is 0 Å². The lowest BCUT2D eigenvalue weighted by molar-refractivity contribution is -0.122. The summed E-state index contributed by atoms with van der Waals surface area (Å²) >= 11 is 0. The lowest BCUT2D eigenvalue weighted by Gasteiger charge is -2.07. The van der Waals surface area contributed by atoms with E-state index in [1.807, 2.05) is 42.1 Å². The first-order valence-electron chi connectivity index (χ1n) is 6.32. The van der Waals surface area contributed by atoms with Crippen molar-refractivity contribution in [3.8, 4) is 0 Å². The maximum Gasteiger partial charge on any atom is 0.331 e. The Kier molecular flexibility index (Phi) is 2.64. The zero-order valence-electron chi connectivity index (χ0n) is 11.6. The quantitative estimate of drug-likeness (QED) is 0.587. The molecule has 0 atom stereocenters. The number of hydrogen-bond donors (Lipinski definition) is 0. The summed E-state index contributed by atoms with van der Waals surface area (Å²) in [4.78, 5) is 26.3. The Hall–Kier alpha value is -2.56. The SMILES string of the molecule is CN1C(=O)C(=Cc2cn(C)c3ccccc23)N(C)C1=O. The molecule has 0 aliphatic carbocycles. The maximum absolute atomic E-state index is 12.1. The number of aryl methyl sites for hydroxylation is 1. The van der Waals surface area contributed by atoms with Gasteiger partial charge in [-0.3, -0.25) is 14.6 Å². The van der Waals surface area contributed by atoms with Crippen LogP contribution in [0, 0.1) is 0 Å². The Morgan fingerprint density at radius 3 is 2.35 bits per heavy atom. The summed E-state index contributed by atoms with van der Waals surface area (Å²) in [6.07, 6.45) is 3.73. The van der Waals surface area contributed by atoms with E-state index in [2.05, 4.69) is 0 Å². The molecule has 1 saturated heterocycles. The van der Waals surface area contributed by atoms with Gasteiger partial charge in [0.15, 0.2) is 0 Å². The molecule has 1 aromatic carbocycles. The number of carbonyl (C=O) groups is 2. The first-order chi connectivity index (χ1) is 9.50. The molecular weight excluding hydrogens is 254 g/mol. The van der Waals surface area contributed by atoms with E-state index >= 15 is 0 Å². The van der Waals surface area contributed by atoms with Gasteiger partial charge in [0.25, 0.3) is 5.91 Å². The summed E-state index contributed by atoms with van der Waals surface area (Å²) in [6, 6.07) is 7.66. The molecule has 0 N–H and O–H groups in total. The van der Waals surface area contributed by atoms with Crippen LogP contribution in [0.2, 0.25) is 0 Å². The van der Waals surface area contributed by atoms with Gasteiger partial charge in [-0.1, -0.05) is 18.2 Å². The van der Waals surface area contributed by atoms with E-state index in [0.29, 0.717) is 5.70 Å². The Labute approximate surface area is 116 Å². The number of benzene rings is 1. The van der Waals surface area contributed by atoms with Crippen molar-refractivity contribution in [1.29, 1.82) is 0 Å². The third-order valence-electron chi connectivity index (χ3n) is 3.68. The largest absolute Gasteiger partial charge is 0.350 e. The highest BCUT2D eigenvalue weighted by atomic mass is 16.2. The Morgan fingerprint density at radius 2 is 1.70 bits per heavy atom. The van der Waals surface area contributed by atoms with E-state index in [4.69, 9.17) is 0 Å². The molecule has 2 heterocycles. The summed E-state index contributed by atoms with van der Waals surface area (Å²) in [5.74, 6) is -0.273. The number of amides is 3. The van der Waals surface area contributed by atoms with E-state index in [0.717, 1.165) is 21.4 Å². The van der Waals surface area contributed by atoms with Crippen molar-refractivity contribution in [3.05, 3.63) is 41.7 Å². The van der Waals surface area contributed by atoms with E-state index in [1.165, 1.54) is 11.9 Å². The molecule has 0 bridgehead atoms. The van der Waals surface area contributed by atoms with E-state index in [-0.39, 0.29) is 11.9 Å². The highest BCUT2D eigenvalue weighted by molar-refractivity contribution is 6.14. The number of urea groups is 1. The number of aromatic nitrogens is 1. The average molecular weight is 269 g/mol. The van der Waals surface area contributed by atoms with Crippen molar-refractivity contribution >= 4 is 28.9 Å². The van der Waals surface area contributed by atoms with Gasteiger partial charge in [0.05, 0.1) is 0 Å². The van der Waals surface area contributed by atoms with Crippen LogP contribution in [0.25, 0.3) is 17.0 Å². The minimum Gasteiger partial charge on any atom is -0.350 e. The second kappa shape index (κ2) is 4.23. The molecule has 1 aromatic heterocycles. The van der Waals surface area contributed by atoms with E-state index in [9.17, 15) is 9.59 Å². The summed E-state index contributed by atoms with van der Waals surface area (Å²) in [7, 11) is 5.06. The van der Waals surface area contributed by atoms with Crippen LogP contribution in [0.15, 0.2) is 36.2 Å². The molecular formula is C15H15N3O2. The third-order valence-corrected chi connectivity index (χ3v) is 3.68. The predicted octanol–water partition coefficient (Wildman–Crippen LogP) is 2.04. The van der Waals surface area contributed by atoms with Crippen LogP contribution in [-0.4, -0.2) is 40.4 Å². The van der Waals surface area contributed by atoms with Crippen LogP contribution >= 0.6 is 0 Å². The fourth-order valence-corrected chi connectivity index (χ4v) is 2.52. The monoisotopic (exact) mass is 269 g/mol. The van der Waals surface area contributed by atoms with Gasteiger partial charge < -0.3 is 4.57 Å². The average Bonchev–Trinajstić information content (AvgIpc) is 2.86. The van der Waals surface area contributed by atoms with E-state index in [1.54, 1.807) is 13.1 Å².